The summed E-state index contributed by atoms with van der Waals surface area (Å²) in [6.45, 7) is 0.989. The lowest BCUT2D eigenvalue weighted by Gasteiger charge is -2.22. The van der Waals surface area contributed by atoms with Crippen LogP contribution in [0.1, 0.15) is 17.2 Å². The maximum absolute atomic E-state index is 14.0. The molecule has 0 saturated carbocycles. The van der Waals surface area contributed by atoms with Gasteiger partial charge < -0.3 is 15.2 Å². The Kier molecular flexibility index (Phi) is 4.06. The highest BCUT2D eigenvalue weighted by Crippen LogP contribution is 2.39. The second-order valence-corrected chi connectivity index (χ2v) is 5.95. The minimum atomic E-state index is -0.658. The summed E-state index contributed by atoms with van der Waals surface area (Å²) in [6, 6.07) is 7.23. The molecule has 21 heavy (non-hydrogen) atoms. The second-order valence-electron chi connectivity index (χ2n) is 4.66. The number of benzene rings is 2. The van der Waals surface area contributed by atoms with Gasteiger partial charge in [0.2, 0.25) is 0 Å². The van der Waals surface area contributed by atoms with Crippen LogP contribution in [-0.4, -0.2) is 13.2 Å². The molecule has 0 amide bonds. The Balaban J connectivity index is 2.05. The second kappa shape index (κ2) is 5.83. The summed E-state index contributed by atoms with van der Waals surface area (Å²) < 4.78 is 25.7. The van der Waals surface area contributed by atoms with Crippen molar-refractivity contribution in [2.24, 2.45) is 5.73 Å². The maximum Gasteiger partial charge on any atom is 0.162 e. The van der Waals surface area contributed by atoms with Crippen LogP contribution in [0.4, 0.5) is 4.39 Å². The van der Waals surface area contributed by atoms with Crippen LogP contribution in [0.15, 0.2) is 34.8 Å². The highest BCUT2D eigenvalue weighted by molar-refractivity contribution is 9.10. The largest absolute Gasteiger partial charge is 0.486 e. The fourth-order valence-electron chi connectivity index (χ4n) is 2.24. The summed E-state index contributed by atoms with van der Waals surface area (Å²) in [5, 5.41) is 0.440. The lowest BCUT2D eigenvalue weighted by atomic mass is 9.98. The van der Waals surface area contributed by atoms with Crippen molar-refractivity contribution in [3.63, 3.8) is 0 Å². The zero-order valence-electron chi connectivity index (χ0n) is 10.9. The molecule has 2 N–H and O–H groups in total. The summed E-state index contributed by atoms with van der Waals surface area (Å²) in [7, 11) is 0. The van der Waals surface area contributed by atoms with Gasteiger partial charge in [0, 0.05) is 15.1 Å². The number of hydrogen-bond donors (Lipinski definition) is 1. The van der Waals surface area contributed by atoms with Crippen LogP contribution in [-0.2, 0) is 0 Å². The molecule has 3 rings (SSSR count). The van der Waals surface area contributed by atoms with Crippen molar-refractivity contribution in [1.29, 1.82) is 0 Å². The average Bonchev–Trinajstić information content (AvgIpc) is 2.48. The molecule has 1 atom stereocenters. The van der Waals surface area contributed by atoms with E-state index < -0.39 is 11.9 Å². The Hall–Kier alpha value is -1.30. The van der Waals surface area contributed by atoms with Crippen molar-refractivity contribution in [2.45, 2.75) is 6.04 Å². The van der Waals surface area contributed by atoms with E-state index in [2.05, 4.69) is 15.9 Å². The molecule has 110 valence electrons. The van der Waals surface area contributed by atoms with E-state index in [1.54, 1.807) is 12.1 Å². The summed E-state index contributed by atoms with van der Waals surface area (Å²) in [4.78, 5) is 0. The first-order valence-corrected chi connectivity index (χ1v) is 7.53. The summed E-state index contributed by atoms with van der Waals surface area (Å²) in [6.07, 6.45) is 0. The highest BCUT2D eigenvalue weighted by atomic mass is 79.9. The highest BCUT2D eigenvalue weighted by Gasteiger charge is 2.21. The van der Waals surface area contributed by atoms with Crippen molar-refractivity contribution in [1.82, 2.24) is 0 Å². The van der Waals surface area contributed by atoms with Gasteiger partial charge >= 0.3 is 0 Å². The molecule has 0 fully saturated rings. The lowest BCUT2D eigenvalue weighted by Crippen LogP contribution is -2.18. The molecule has 0 saturated heterocycles. The number of hydrogen-bond acceptors (Lipinski definition) is 3. The summed E-state index contributed by atoms with van der Waals surface area (Å²) in [5.74, 6) is 0.863. The van der Waals surface area contributed by atoms with Gasteiger partial charge in [0.15, 0.2) is 11.5 Å². The molecule has 1 unspecified atom stereocenters. The van der Waals surface area contributed by atoms with Crippen LogP contribution in [0.3, 0.4) is 0 Å². The minimum Gasteiger partial charge on any atom is -0.486 e. The van der Waals surface area contributed by atoms with Crippen LogP contribution >= 0.6 is 27.5 Å². The van der Waals surface area contributed by atoms with Crippen LogP contribution in [0.2, 0.25) is 5.02 Å². The number of halogens is 3. The molecule has 0 bridgehead atoms. The smallest absolute Gasteiger partial charge is 0.162 e. The van der Waals surface area contributed by atoms with E-state index in [4.69, 9.17) is 26.8 Å². The van der Waals surface area contributed by atoms with Gasteiger partial charge in [0.1, 0.15) is 19.0 Å². The first-order valence-electron chi connectivity index (χ1n) is 6.36. The molecule has 3 nitrogen and oxygen atoms in total. The molecule has 0 radical (unpaired) electrons. The SMILES string of the molecule is NC(c1cc(Cl)ccc1F)c1cc2c(cc1Br)OCCO2. The van der Waals surface area contributed by atoms with E-state index in [0.29, 0.717) is 40.9 Å². The minimum absolute atomic E-state index is 0.333. The van der Waals surface area contributed by atoms with Crippen molar-refractivity contribution >= 4 is 27.5 Å². The number of fused-ring (bicyclic) bond motifs is 1. The van der Waals surface area contributed by atoms with Crippen LogP contribution in [0.25, 0.3) is 0 Å². The maximum atomic E-state index is 14.0. The molecule has 2 aromatic carbocycles. The quantitative estimate of drug-likeness (QED) is 0.864. The Bertz CT molecular complexity index is 696. The lowest BCUT2D eigenvalue weighted by molar-refractivity contribution is 0.171. The number of nitrogens with two attached hydrogens (primary N) is 1. The first kappa shape index (κ1) is 14.6. The molecule has 1 aliphatic rings. The zero-order chi connectivity index (χ0) is 15.0. The Morgan fingerprint density at radius 3 is 2.48 bits per heavy atom. The molecule has 0 aliphatic carbocycles. The van der Waals surface area contributed by atoms with Crippen LogP contribution in [0.5, 0.6) is 11.5 Å². The van der Waals surface area contributed by atoms with E-state index in [-0.39, 0.29) is 0 Å². The van der Waals surface area contributed by atoms with Gasteiger partial charge in [-0.05, 0) is 35.9 Å². The predicted octanol–water partition coefficient (Wildman–Crippen LogP) is 4.06. The number of rotatable bonds is 2. The van der Waals surface area contributed by atoms with Gasteiger partial charge in [0.25, 0.3) is 0 Å². The monoisotopic (exact) mass is 371 g/mol. The molecule has 0 spiro atoms. The normalized spacial score (nSPS) is 14.9. The van der Waals surface area contributed by atoms with Gasteiger partial charge in [-0.1, -0.05) is 27.5 Å². The third kappa shape index (κ3) is 2.86. The molecule has 1 heterocycles. The Labute approximate surface area is 134 Å². The van der Waals surface area contributed by atoms with Crippen LogP contribution in [0, 0.1) is 5.82 Å². The van der Waals surface area contributed by atoms with E-state index in [1.807, 2.05) is 0 Å². The molecule has 6 heteroatoms. The summed E-state index contributed by atoms with van der Waals surface area (Å²) in [5.41, 5.74) is 7.24. The van der Waals surface area contributed by atoms with Crippen molar-refractivity contribution < 1.29 is 13.9 Å². The summed E-state index contributed by atoms with van der Waals surface area (Å²) >= 11 is 9.37. The Morgan fingerprint density at radius 1 is 1.10 bits per heavy atom. The Morgan fingerprint density at radius 2 is 1.76 bits per heavy atom. The van der Waals surface area contributed by atoms with E-state index in [0.717, 1.165) is 4.47 Å². The fraction of sp³-hybridized carbons (Fsp3) is 0.200. The fourth-order valence-corrected chi connectivity index (χ4v) is 2.99. The molecule has 1 aliphatic heterocycles. The third-order valence-corrected chi connectivity index (χ3v) is 4.21. The van der Waals surface area contributed by atoms with E-state index in [1.165, 1.54) is 18.2 Å². The average molecular weight is 373 g/mol. The van der Waals surface area contributed by atoms with E-state index in [9.17, 15) is 4.39 Å². The first-order chi connectivity index (χ1) is 10.1. The third-order valence-electron chi connectivity index (χ3n) is 3.29. The van der Waals surface area contributed by atoms with Crippen molar-refractivity contribution in [3.8, 4) is 11.5 Å². The molecular formula is C15H12BrClFNO2. The van der Waals surface area contributed by atoms with E-state index >= 15 is 0 Å². The predicted molar refractivity (Wildman–Crippen MR) is 82.6 cm³/mol. The van der Waals surface area contributed by atoms with Gasteiger partial charge in [-0.3, -0.25) is 0 Å². The standard InChI is InChI=1S/C15H12BrClFNO2/c16-11-7-14-13(20-3-4-21-14)6-9(11)15(19)10-5-8(17)1-2-12(10)18/h1-2,5-7,15H,3-4,19H2. The zero-order valence-corrected chi connectivity index (χ0v) is 13.2. The topological polar surface area (TPSA) is 44.5 Å². The van der Waals surface area contributed by atoms with Crippen LogP contribution < -0.4 is 15.2 Å². The van der Waals surface area contributed by atoms with Gasteiger partial charge in [-0.25, -0.2) is 4.39 Å². The van der Waals surface area contributed by atoms with Crippen molar-refractivity contribution in [2.75, 3.05) is 13.2 Å². The number of ether oxygens (including phenoxy) is 2. The molecule has 0 aromatic heterocycles. The van der Waals surface area contributed by atoms with Gasteiger partial charge in [-0.2, -0.15) is 0 Å². The van der Waals surface area contributed by atoms with Gasteiger partial charge in [0.05, 0.1) is 6.04 Å². The molecule has 2 aromatic rings. The van der Waals surface area contributed by atoms with Crippen molar-refractivity contribution in [3.05, 3.63) is 56.8 Å². The molecular weight excluding hydrogens is 361 g/mol. The van der Waals surface area contributed by atoms with Gasteiger partial charge in [-0.15, -0.1) is 0 Å².